The van der Waals surface area contributed by atoms with Crippen LogP contribution in [-0.2, 0) is 6.54 Å². The van der Waals surface area contributed by atoms with Gasteiger partial charge in [0.2, 0.25) is 0 Å². The zero-order valence-electron chi connectivity index (χ0n) is 12.6. The van der Waals surface area contributed by atoms with E-state index in [1.54, 1.807) is 24.3 Å². The fourth-order valence-electron chi connectivity index (χ4n) is 2.10. The van der Waals surface area contributed by atoms with E-state index in [0.717, 1.165) is 18.7 Å². The number of benzene rings is 1. The first-order valence-corrected chi connectivity index (χ1v) is 6.96. The van der Waals surface area contributed by atoms with Gasteiger partial charge in [-0.25, -0.2) is 4.79 Å². The summed E-state index contributed by atoms with van der Waals surface area (Å²) in [5.74, 6) is -0.244. The molecule has 0 bridgehead atoms. The Morgan fingerprint density at radius 1 is 1.24 bits per heavy atom. The van der Waals surface area contributed by atoms with Crippen LogP contribution in [-0.4, -0.2) is 27.5 Å². The van der Waals surface area contributed by atoms with Crippen molar-refractivity contribution in [2.75, 3.05) is 6.61 Å². The normalized spacial score (nSPS) is 10.6. The van der Waals surface area contributed by atoms with Crippen LogP contribution in [0.4, 0.5) is 0 Å². The number of rotatable bonds is 6. The number of carbonyl (C=O) groups is 1. The third kappa shape index (κ3) is 3.62. The predicted molar refractivity (Wildman–Crippen MR) is 80.0 cm³/mol. The number of ether oxygens (including phenoxy) is 1. The van der Waals surface area contributed by atoms with Crippen molar-refractivity contribution in [2.24, 2.45) is 0 Å². The van der Waals surface area contributed by atoms with Crippen LogP contribution in [0.15, 0.2) is 24.3 Å². The first kappa shape index (κ1) is 15.1. The molecule has 21 heavy (non-hydrogen) atoms. The zero-order valence-corrected chi connectivity index (χ0v) is 12.6. The van der Waals surface area contributed by atoms with E-state index < -0.39 is 5.97 Å². The van der Waals surface area contributed by atoms with E-state index in [9.17, 15) is 4.79 Å². The summed E-state index contributed by atoms with van der Waals surface area (Å²) in [6.45, 7) is 7.55. The first-order valence-electron chi connectivity index (χ1n) is 6.96. The quantitative estimate of drug-likeness (QED) is 0.830. The molecule has 0 amide bonds. The number of aromatic nitrogens is 2. The zero-order chi connectivity index (χ0) is 15.4. The van der Waals surface area contributed by atoms with Crippen molar-refractivity contribution in [2.45, 2.75) is 33.7 Å². The van der Waals surface area contributed by atoms with Crippen molar-refractivity contribution in [3.63, 3.8) is 0 Å². The van der Waals surface area contributed by atoms with Gasteiger partial charge in [0.1, 0.15) is 5.75 Å². The van der Waals surface area contributed by atoms with E-state index in [1.165, 1.54) is 11.3 Å². The van der Waals surface area contributed by atoms with Gasteiger partial charge in [0, 0.05) is 18.7 Å². The summed E-state index contributed by atoms with van der Waals surface area (Å²) in [6.07, 6.45) is 0.849. The van der Waals surface area contributed by atoms with Crippen molar-refractivity contribution in [3.8, 4) is 5.75 Å². The van der Waals surface area contributed by atoms with Crippen molar-refractivity contribution >= 4 is 5.97 Å². The van der Waals surface area contributed by atoms with Crippen LogP contribution >= 0.6 is 0 Å². The average molecular weight is 288 g/mol. The standard InChI is InChI=1S/C16H20N2O3/c1-11-12(2)17-18(13(11)3)9-4-10-21-15-7-5-14(6-8-15)16(19)20/h5-8H,4,9-10H2,1-3H3,(H,19,20). The van der Waals surface area contributed by atoms with Gasteiger partial charge >= 0.3 is 5.97 Å². The summed E-state index contributed by atoms with van der Waals surface area (Å²) in [4.78, 5) is 10.7. The van der Waals surface area contributed by atoms with Gasteiger partial charge in [-0.3, -0.25) is 4.68 Å². The number of hydrogen-bond donors (Lipinski definition) is 1. The maximum absolute atomic E-state index is 10.7. The lowest BCUT2D eigenvalue weighted by atomic mass is 10.2. The lowest BCUT2D eigenvalue weighted by molar-refractivity contribution is 0.0697. The number of aryl methyl sites for hydroxylation is 2. The molecule has 112 valence electrons. The molecule has 0 radical (unpaired) electrons. The molecule has 0 saturated carbocycles. The van der Waals surface area contributed by atoms with E-state index in [0.29, 0.717) is 12.4 Å². The molecule has 0 spiro atoms. The molecule has 5 nitrogen and oxygen atoms in total. The molecule has 0 saturated heterocycles. The average Bonchev–Trinajstić information content (AvgIpc) is 2.71. The van der Waals surface area contributed by atoms with Crippen molar-refractivity contribution in [3.05, 3.63) is 46.8 Å². The van der Waals surface area contributed by atoms with Crippen molar-refractivity contribution in [1.82, 2.24) is 9.78 Å². The van der Waals surface area contributed by atoms with Crippen molar-refractivity contribution in [1.29, 1.82) is 0 Å². The second-order valence-corrected chi connectivity index (χ2v) is 5.05. The molecule has 2 rings (SSSR count). The van der Waals surface area contributed by atoms with Gasteiger partial charge in [0.15, 0.2) is 0 Å². The summed E-state index contributed by atoms with van der Waals surface area (Å²) in [7, 11) is 0. The molecule has 0 aliphatic carbocycles. The Bertz CT molecular complexity index is 630. The number of carboxylic acids is 1. The van der Waals surface area contributed by atoms with Crippen LogP contribution in [0.2, 0.25) is 0 Å². The Balaban J connectivity index is 1.81. The third-order valence-electron chi connectivity index (χ3n) is 3.63. The van der Waals surface area contributed by atoms with Gasteiger partial charge < -0.3 is 9.84 Å². The van der Waals surface area contributed by atoms with Crippen LogP contribution in [0.25, 0.3) is 0 Å². The number of hydrogen-bond acceptors (Lipinski definition) is 3. The Hall–Kier alpha value is -2.30. The minimum absolute atomic E-state index is 0.264. The molecule has 5 heteroatoms. The summed E-state index contributed by atoms with van der Waals surface area (Å²) in [5.41, 5.74) is 3.76. The molecular weight excluding hydrogens is 268 g/mol. The second kappa shape index (κ2) is 6.43. The minimum atomic E-state index is -0.929. The highest BCUT2D eigenvalue weighted by atomic mass is 16.5. The maximum Gasteiger partial charge on any atom is 0.335 e. The smallest absolute Gasteiger partial charge is 0.335 e. The first-order chi connectivity index (χ1) is 9.99. The summed E-state index contributed by atoms with van der Waals surface area (Å²) < 4.78 is 7.61. The molecule has 1 N–H and O–H groups in total. The predicted octanol–water partition coefficient (Wildman–Crippen LogP) is 2.98. The molecule has 1 heterocycles. The van der Waals surface area contributed by atoms with Crippen LogP contribution < -0.4 is 4.74 Å². The topological polar surface area (TPSA) is 64.4 Å². The monoisotopic (exact) mass is 288 g/mol. The second-order valence-electron chi connectivity index (χ2n) is 5.05. The molecule has 0 unspecified atom stereocenters. The Kier molecular flexibility index (Phi) is 4.62. The van der Waals surface area contributed by atoms with Crippen LogP contribution in [0.3, 0.4) is 0 Å². The number of aromatic carboxylic acids is 1. The van der Waals surface area contributed by atoms with Crippen LogP contribution in [0.1, 0.15) is 33.7 Å². The van der Waals surface area contributed by atoms with Crippen LogP contribution in [0.5, 0.6) is 5.75 Å². The Labute approximate surface area is 124 Å². The number of nitrogens with zero attached hydrogens (tertiary/aromatic N) is 2. The lowest BCUT2D eigenvalue weighted by Crippen LogP contribution is -2.07. The maximum atomic E-state index is 10.7. The molecule has 1 aromatic carbocycles. The lowest BCUT2D eigenvalue weighted by Gasteiger charge is -2.08. The molecule has 0 atom stereocenters. The van der Waals surface area contributed by atoms with Gasteiger partial charge in [0.05, 0.1) is 17.9 Å². The third-order valence-corrected chi connectivity index (χ3v) is 3.63. The van der Waals surface area contributed by atoms with E-state index in [4.69, 9.17) is 9.84 Å². The van der Waals surface area contributed by atoms with Gasteiger partial charge in [-0.05, 0) is 50.6 Å². The highest BCUT2D eigenvalue weighted by Gasteiger charge is 2.06. The molecule has 2 aromatic rings. The summed E-state index contributed by atoms with van der Waals surface area (Å²) in [6, 6.07) is 6.44. The van der Waals surface area contributed by atoms with Gasteiger partial charge in [0.25, 0.3) is 0 Å². The molecule has 0 aliphatic heterocycles. The van der Waals surface area contributed by atoms with Gasteiger partial charge in [-0.15, -0.1) is 0 Å². The Morgan fingerprint density at radius 2 is 1.90 bits per heavy atom. The minimum Gasteiger partial charge on any atom is -0.494 e. The molecule has 0 fully saturated rings. The number of carboxylic acid groups (broad SMARTS) is 1. The Morgan fingerprint density at radius 3 is 2.43 bits per heavy atom. The van der Waals surface area contributed by atoms with E-state index in [2.05, 4.69) is 18.9 Å². The largest absolute Gasteiger partial charge is 0.494 e. The van der Waals surface area contributed by atoms with Gasteiger partial charge in [-0.2, -0.15) is 5.10 Å². The summed E-state index contributed by atoms with van der Waals surface area (Å²) >= 11 is 0. The summed E-state index contributed by atoms with van der Waals surface area (Å²) in [5, 5.41) is 13.3. The SMILES string of the molecule is Cc1nn(CCCOc2ccc(C(=O)O)cc2)c(C)c1C. The van der Waals surface area contributed by atoms with Crippen molar-refractivity contribution < 1.29 is 14.6 Å². The fraction of sp³-hybridized carbons (Fsp3) is 0.375. The highest BCUT2D eigenvalue weighted by Crippen LogP contribution is 2.14. The molecule has 0 aliphatic rings. The van der Waals surface area contributed by atoms with Crippen LogP contribution in [0, 0.1) is 20.8 Å². The van der Waals surface area contributed by atoms with E-state index in [-0.39, 0.29) is 5.56 Å². The highest BCUT2D eigenvalue weighted by molar-refractivity contribution is 5.87. The van der Waals surface area contributed by atoms with Gasteiger partial charge in [-0.1, -0.05) is 0 Å². The van der Waals surface area contributed by atoms with E-state index in [1.807, 2.05) is 11.6 Å². The molecular formula is C16H20N2O3. The van der Waals surface area contributed by atoms with E-state index >= 15 is 0 Å². The molecule has 1 aromatic heterocycles. The fourth-order valence-corrected chi connectivity index (χ4v) is 2.10.